The second-order valence-electron chi connectivity index (χ2n) is 19.9. The molecule has 6 unspecified atom stereocenters. The number of allylic oxidation sites excluding steroid dienone is 21. The molecule has 444 valence electrons. The SMILES string of the molecule is CC/C=C\C/C=C\C/C=C\C/C=C\C/C=C\CC(=O)OCC(COC1OC(C(=O)O)C(O)C(O)C1OC(=O)CCCCCCCC/C=C\C/C=C\C/C=C\CCCCC)OC(=O)CCCCCCC/C=C\C/C=C\C/C=C\CC. The van der Waals surface area contributed by atoms with Crippen molar-refractivity contribution in [2.75, 3.05) is 13.2 Å². The molecule has 1 saturated heterocycles. The molecule has 0 spiro atoms. The van der Waals surface area contributed by atoms with Crippen LogP contribution in [0.15, 0.2) is 134 Å². The van der Waals surface area contributed by atoms with Crippen LogP contribution in [0.2, 0.25) is 0 Å². The maximum Gasteiger partial charge on any atom is 0.335 e. The van der Waals surface area contributed by atoms with Crippen molar-refractivity contribution in [1.82, 2.24) is 0 Å². The minimum absolute atomic E-state index is 0.0270. The predicted octanol–water partition coefficient (Wildman–Crippen LogP) is 15.8. The number of unbranched alkanes of at least 4 members (excludes halogenated alkanes) is 14. The summed E-state index contributed by atoms with van der Waals surface area (Å²) in [6, 6.07) is 0. The Kier molecular flexibility index (Phi) is 48.7. The van der Waals surface area contributed by atoms with Crippen LogP contribution in [-0.4, -0.2) is 89.2 Å². The first kappa shape index (κ1) is 71.9. The highest BCUT2D eigenvalue weighted by Gasteiger charge is 2.50. The van der Waals surface area contributed by atoms with Crippen LogP contribution in [0, 0.1) is 0 Å². The van der Waals surface area contributed by atoms with E-state index in [1.54, 1.807) is 6.08 Å². The molecule has 0 amide bonds. The number of hydrogen-bond donors (Lipinski definition) is 3. The number of rotatable bonds is 49. The Balaban J connectivity index is 2.75. The van der Waals surface area contributed by atoms with Crippen molar-refractivity contribution in [3.63, 3.8) is 0 Å². The maximum atomic E-state index is 13.1. The molecule has 0 aliphatic carbocycles. The number of hydrogen-bond acceptors (Lipinski definition) is 11. The molecule has 1 fully saturated rings. The van der Waals surface area contributed by atoms with Gasteiger partial charge in [-0.25, -0.2) is 4.79 Å². The maximum absolute atomic E-state index is 13.1. The molecule has 6 atom stereocenters. The molecule has 1 heterocycles. The Morgan fingerprint density at radius 3 is 1.28 bits per heavy atom. The molecule has 0 aromatic heterocycles. The molecule has 1 aliphatic heterocycles. The van der Waals surface area contributed by atoms with Gasteiger partial charge in [-0.3, -0.25) is 14.4 Å². The number of aliphatic hydroxyl groups is 2. The third kappa shape index (κ3) is 43.4. The minimum Gasteiger partial charge on any atom is -0.479 e. The number of aliphatic carboxylic acids is 1. The van der Waals surface area contributed by atoms with Crippen LogP contribution in [0.25, 0.3) is 0 Å². The van der Waals surface area contributed by atoms with Gasteiger partial charge in [-0.2, -0.15) is 0 Å². The van der Waals surface area contributed by atoms with Gasteiger partial charge in [0.1, 0.15) is 18.8 Å². The van der Waals surface area contributed by atoms with Crippen molar-refractivity contribution in [2.24, 2.45) is 0 Å². The lowest BCUT2D eigenvalue weighted by Gasteiger charge is -2.40. The zero-order chi connectivity index (χ0) is 57.5. The van der Waals surface area contributed by atoms with Crippen LogP contribution in [0.5, 0.6) is 0 Å². The van der Waals surface area contributed by atoms with E-state index in [0.29, 0.717) is 19.3 Å². The molecule has 1 rings (SSSR count). The standard InChI is InChI=1S/C67H104O12/c1-4-7-10-13-16-19-22-25-28-29-30-31-34-37-40-43-46-49-52-55-61(70)78-65-63(72)62(71)64(66(73)74)79-67(65)76-57-58(77-60(69)54-51-48-45-42-39-36-33-27-24-21-18-15-12-9-6-3)56-75-59(68)53-50-47-44-41-38-35-32-26-23-20-17-14-11-8-5-2/h8-9,11-12,16-21,25-28,30-33,38,41,47,50,58,62-65,67,71-72H,4-7,10,13-15,22-24,29,34-37,39-40,42-46,48-49,51-57H2,1-3H3,(H,73,74)/b11-8-,12-9-,19-16-,20-17-,21-18-,28-25-,31-30-,32-26-,33-27-,41-38-,50-47-. The second-order valence-corrected chi connectivity index (χ2v) is 19.9. The van der Waals surface area contributed by atoms with E-state index in [2.05, 4.69) is 136 Å². The van der Waals surface area contributed by atoms with Gasteiger partial charge < -0.3 is 39.0 Å². The average Bonchev–Trinajstić information content (AvgIpc) is 3.46. The Hall–Kier alpha value is -5.14. The first-order valence-electron chi connectivity index (χ1n) is 30.2. The fraction of sp³-hybridized carbons (Fsp3) is 0.612. The highest BCUT2D eigenvalue weighted by atomic mass is 16.7. The first-order valence-corrected chi connectivity index (χ1v) is 30.2. The molecule has 3 N–H and O–H groups in total. The summed E-state index contributed by atoms with van der Waals surface area (Å²) in [5.41, 5.74) is 0. The van der Waals surface area contributed by atoms with Crippen LogP contribution in [0.4, 0.5) is 0 Å². The smallest absolute Gasteiger partial charge is 0.335 e. The van der Waals surface area contributed by atoms with E-state index in [-0.39, 0.29) is 25.9 Å². The predicted molar refractivity (Wildman–Crippen MR) is 321 cm³/mol. The number of aliphatic hydroxyl groups excluding tert-OH is 2. The minimum atomic E-state index is -1.93. The van der Waals surface area contributed by atoms with Gasteiger partial charge in [0.25, 0.3) is 0 Å². The van der Waals surface area contributed by atoms with Gasteiger partial charge in [-0.15, -0.1) is 0 Å². The Bertz CT molecular complexity index is 1880. The van der Waals surface area contributed by atoms with Crippen LogP contribution < -0.4 is 0 Å². The van der Waals surface area contributed by atoms with Gasteiger partial charge in [-0.05, 0) is 116 Å². The molecule has 0 aromatic rings. The lowest BCUT2D eigenvalue weighted by atomic mass is 9.98. The zero-order valence-electron chi connectivity index (χ0n) is 48.8. The van der Waals surface area contributed by atoms with E-state index in [1.165, 1.54) is 19.3 Å². The largest absolute Gasteiger partial charge is 0.479 e. The normalized spacial score (nSPS) is 18.8. The summed E-state index contributed by atoms with van der Waals surface area (Å²) >= 11 is 0. The number of carboxylic acids is 1. The van der Waals surface area contributed by atoms with Crippen molar-refractivity contribution >= 4 is 23.9 Å². The van der Waals surface area contributed by atoms with E-state index < -0.39 is 67.3 Å². The summed E-state index contributed by atoms with van der Waals surface area (Å²) < 4.78 is 28.3. The van der Waals surface area contributed by atoms with Gasteiger partial charge >= 0.3 is 23.9 Å². The summed E-state index contributed by atoms with van der Waals surface area (Å²) in [7, 11) is 0. The Labute approximate surface area is 477 Å². The molecule has 0 radical (unpaired) electrons. The summed E-state index contributed by atoms with van der Waals surface area (Å²) in [6.07, 6.45) is 63.0. The van der Waals surface area contributed by atoms with Crippen molar-refractivity contribution in [3.8, 4) is 0 Å². The highest BCUT2D eigenvalue weighted by molar-refractivity contribution is 5.74. The van der Waals surface area contributed by atoms with Crippen LogP contribution in [-0.2, 0) is 42.9 Å². The number of carbonyl (C=O) groups is 4. The number of carboxylic acid groups (broad SMARTS) is 1. The van der Waals surface area contributed by atoms with Crippen molar-refractivity contribution < 1.29 is 58.2 Å². The summed E-state index contributed by atoms with van der Waals surface area (Å²) in [6.45, 7) is 5.62. The average molecular weight is 1100 g/mol. The number of carbonyl (C=O) groups excluding carboxylic acids is 3. The lowest BCUT2D eigenvalue weighted by Crippen LogP contribution is -2.61. The molecule has 12 heteroatoms. The van der Waals surface area contributed by atoms with E-state index in [0.717, 1.165) is 135 Å². The third-order valence-corrected chi connectivity index (χ3v) is 12.7. The molecule has 1 aliphatic rings. The van der Waals surface area contributed by atoms with E-state index in [1.807, 2.05) is 12.2 Å². The topological polar surface area (TPSA) is 175 Å². The zero-order valence-corrected chi connectivity index (χ0v) is 48.8. The van der Waals surface area contributed by atoms with Crippen molar-refractivity contribution in [2.45, 2.75) is 250 Å². The van der Waals surface area contributed by atoms with Crippen molar-refractivity contribution in [1.29, 1.82) is 0 Å². The first-order chi connectivity index (χ1) is 38.6. The second kappa shape index (κ2) is 53.5. The number of esters is 3. The molecule has 0 saturated carbocycles. The van der Waals surface area contributed by atoms with Crippen LogP contribution in [0.3, 0.4) is 0 Å². The molecule has 12 nitrogen and oxygen atoms in total. The van der Waals surface area contributed by atoms with E-state index in [4.69, 9.17) is 23.7 Å². The van der Waals surface area contributed by atoms with Gasteiger partial charge in [0.05, 0.1) is 13.0 Å². The van der Waals surface area contributed by atoms with E-state index in [9.17, 15) is 34.5 Å². The summed E-state index contributed by atoms with van der Waals surface area (Å²) in [5, 5.41) is 31.5. The lowest BCUT2D eigenvalue weighted by molar-refractivity contribution is -0.301. The highest BCUT2D eigenvalue weighted by Crippen LogP contribution is 2.26. The molecule has 0 aromatic carbocycles. The van der Waals surface area contributed by atoms with Gasteiger partial charge in [-0.1, -0.05) is 212 Å². The van der Waals surface area contributed by atoms with Gasteiger partial charge in [0.15, 0.2) is 24.6 Å². The van der Waals surface area contributed by atoms with Gasteiger partial charge in [0, 0.05) is 12.8 Å². The number of ether oxygens (including phenoxy) is 5. The van der Waals surface area contributed by atoms with E-state index >= 15 is 0 Å². The third-order valence-electron chi connectivity index (χ3n) is 12.7. The molecular formula is C67H104O12. The Morgan fingerprint density at radius 1 is 0.443 bits per heavy atom. The molecule has 79 heavy (non-hydrogen) atoms. The Morgan fingerprint density at radius 2 is 0.835 bits per heavy atom. The van der Waals surface area contributed by atoms with Gasteiger partial charge in [0.2, 0.25) is 0 Å². The monoisotopic (exact) mass is 1100 g/mol. The van der Waals surface area contributed by atoms with Crippen molar-refractivity contribution in [3.05, 3.63) is 134 Å². The molecular weight excluding hydrogens is 997 g/mol. The van der Waals surface area contributed by atoms with Crippen LogP contribution >= 0.6 is 0 Å². The molecule has 0 bridgehead atoms. The van der Waals surface area contributed by atoms with Crippen LogP contribution in [0.1, 0.15) is 213 Å². The summed E-state index contributed by atoms with van der Waals surface area (Å²) in [5.74, 6) is -3.34. The quantitative estimate of drug-likeness (QED) is 0.0228. The summed E-state index contributed by atoms with van der Waals surface area (Å²) in [4.78, 5) is 51.1. The fourth-order valence-electron chi connectivity index (χ4n) is 8.17. The fourth-order valence-corrected chi connectivity index (χ4v) is 8.17.